The van der Waals surface area contributed by atoms with Crippen LogP contribution in [0, 0.1) is 18.8 Å². The maximum atomic E-state index is 13.9. The average molecular weight is 424 g/mol. The van der Waals surface area contributed by atoms with Gasteiger partial charge in [-0.15, -0.1) is 0 Å². The number of hydrogen-bond donors (Lipinski definition) is 1. The molecule has 1 saturated carbocycles. The number of rotatable bonds is 3. The molecular formula is C25H33N3O3. The fourth-order valence-corrected chi connectivity index (χ4v) is 5.12. The van der Waals surface area contributed by atoms with E-state index in [-0.39, 0.29) is 17.4 Å². The van der Waals surface area contributed by atoms with Gasteiger partial charge in [0.1, 0.15) is 23.1 Å². The van der Waals surface area contributed by atoms with E-state index < -0.39 is 6.04 Å². The maximum absolute atomic E-state index is 13.9. The Labute approximate surface area is 184 Å². The van der Waals surface area contributed by atoms with Gasteiger partial charge < -0.3 is 14.7 Å². The molecule has 0 radical (unpaired) electrons. The number of benzene rings is 1. The Bertz CT molecular complexity index is 945. The average Bonchev–Trinajstić information content (AvgIpc) is 3.13. The maximum Gasteiger partial charge on any atom is 0.260 e. The summed E-state index contributed by atoms with van der Waals surface area (Å²) in [5.41, 5.74) is 1.50. The first kappa shape index (κ1) is 21.6. The number of amides is 2. The van der Waals surface area contributed by atoms with Gasteiger partial charge in [0.25, 0.3) is 5.91 Å². The molecule has 31 heavy (non-hydrogen) atoms. The smallest absolute Gasteiger partial charge is 0.260 e. The third-order valence-electron chi connectivity index (χ3n) is 6.59. The van der Waals surface area contributed by atoms with E-state index in [9.17, 15) is 9.59 Å². The minimum atomic E-state index is -0.469. The van der Waals surface area contributed by atoms with E-state index in [4.69, 9.17) is 4.52 Å². The van der Waals surface area contributed by atoms with Gasteiger partial charge in [-0.2, -0.15) is 0 Å². The highest BCUT2D eigenvalue weighted by molar-refractivity contribution is 6.03. The summed E-state index contributed by atoms with van der Waals surface area (Å²) in [6, 6.07) is 9.14. The number of carbonyl (C=O) groups is 2. The zero-order valence-corrected chi connectivity index (χ0v) is 19.0. The molecular weight excluding hydrogens is 390 g/mol. The summed E-state index contributed by atoms with van der Waals surface area (Å²) in [5, 5.41) is 7.29. The molecule has 2 amide bonds. The van der Waals surface area contributed by atoms with Gasteiger partial charge in [-0.3, -0.25) is 9.59 Å². The molecule has 0 spiro atoms. The van der Waals surface area contributed by atoms with Crippen molar-refractivity contribution in [2.45, 2.75) is 71.4 Å². The third kappa shape index (κ3) is 4.53. The first-order valence-corrected chi connectivity index (χ1v) is 11.4. The van der Waals surface area contributed by atoms with Crippen molar-refractivity contribution in [1.29, 1.82) is 0 Å². The van der Waals surface area contributed by atoms with Crippen LogP contribution in [0.25, 0.3) is 11.3 Å². The molecule has 0 unspecified atom stereocenters. The van der Waals surface area contributed by atoms with Gasteiger partial charge in [-0.05, 0) is 52.4 Å². The van der Waals surface area contributed by atoms with Crippen molar-refractivity contribution in [2.24, 2.45) is 11.8 Å². The van der Waals surface area contributed by atoms with Gasteiger partial charge in [-0.25, -0.2) is 0 Å². The lowest BCUT2D eigenvalue weighted by Gasteiger charge is -2.46. The Morgan fingerprint density at radius 3 is 2.45 bits per heavy atom. The molecule has 6 nitrogen and oxygen atoms in total. The number of fused-ring (bicyclic) bond motifs is 1. The van der Waals surface area contributed by atoms with Gasteiger partial charge in [0, 0.05) is 17.6 Å². The topological polar surface area (TPSA) is 75.4 Å². The molecule has 1 saturated heterocycles. The van der Waals surface area contributed by atoms with E-state index >= 15 is 0 Å². The summed E-state index contributed by atoms with van der Waals surface area (Å²) < 4.78 is 5.45. The second-order valence-corrected chi connectivity index (χ2v) is 10.1. The van der Waals surface area contributed by atoms with Crippen molar-refractivity contribution in [2.75, 3.05) is 6.54 Å². The van der Waals surface area contributed by atoms with Crippen molar-refractivity contribution in [1.82, 2.24) is 15.4 Å². The zero-order chi connectivity index (χ0) is 22.2. The molecule has 6 heteroatoms. The fourth-order valence-electron chi connectivity index (χ4n) is 5.12. The van der Waals surface area contributed by atoms with E-state index in [1.54, 1.807) is 11.8 Å². The lowest BCUT2D eigenvalue weighted by Crippen LogP contribution is -2.59. The minimum Gasteiger partial charge on any atom is -0.360 e. The van der Waals surface area contributed by atoms with Crippen LogP contribution in [0.1, 0.15) is 69.0 Å². The number of nitrogens with zero attached hydrogens (tertiary/aromatic N) is 2. The Kier molecular flexibility index (Phi) is 5.91. The minimum absolute atomic E-state index is 0.0692. The number of aromatic nitrogens is 1. The van der Waals surface area contributed by atoms with Crippen molar-refractivity contribution < 1.29 is 14.1 Å². The Hall–Kier alpha value is -2.63. The SMILES string of the molecule is Cc1onc(-c2ccccc2)c1C(=O)N1C[C@H]2CCCC[C@H]2C[C@@H]1C(=O)NC(C)(C)C. The molecule has 0 bridgehead atoms. The van der Waals surface area contributed by atoms with Gasteiger partial charge in [0.2, 0.25) is 5.91 Å². The zero-order valence-electron chi connectivity index (χ0n) is 19.0. The molecule has 2 heterocycles. The first-order chi connectivity index (χ1) is 14.7. The van der Waals surface area contributed by atoms with Crippen molar-refractivity contribution in [3.63, 3.8) is 0 Å². The number of piperidine rings is 1. The molecule has 2 aliphatic rings. The molecule has 1 aliphatic carbocycles. The predicted molar refractivity (Wildman–Crippen MR) is 119 cm³/mol. The molecule has 2 fully saturated rings. The van der Waals surface area contributed by atoms with E-state index in [0.717, 1.165) is 24.8 Å². The van der Waals surface area contributed by atoms with Crippen LogP contribution in [0.15, 0.2) is 34.9 Å². The monoisotopic (exact) mass is 423 g/mol. The highest BCUT2D eigenvalue weighted by Gasteiger charge is 2.43. The summed E-state index contributed by atoms with van der Waals surface area (Å²) in [6.07, 6.45) is 5.41. The van der Waals surface area contributed by atoms with Gasteiger partial charge >= 0.3 is 0 Å². The van der Waals surface area contributed by atoms with Gasteiger partial charge in [-0.1, -0.05) is 54.8 Å². The highest BCUT2D eigenvalue weighted by atomic mass is 16.5. The van der Waals surface area contributed by atoms with E-state index in [1.165, 1.54) is 12.8 Å². The van der Waals surface area contributed by atoms with Crippen LogP contribution in [0.4, 0.5) is 0 Å². The van der Waals surface area contributed by atoms with Crippen LogP contribution in [0.5, 0.6) is 0 Å². The van der Waals surface area contributed by atoms with E-state index in [1.807, 2.05) is 51.1 Å². The normalized spacial score (nSPS) is 23.9. The van der Waals surface area contributed by atoms with Crippen LogP contribution >= 0.6 is 0 Å². The fraction of sp³-hybridized carbons (Fsp3) is 0.560. The number of aryl methyl sites for hydroxylation is 1. The predicted octanol–water partition coefficient (Wildman–Crippen LogP) is 4.59. The van der Waals surface area contributed by atoms with Crippen LogP contribution in [-0.4, -0.2) is 40.0 Å². The number of nitrogens with one attached hydrogen (secondary N) is 1. The molecule has 2 aromatic rings. The summed E-state index contributed by atoms with van der Waals surface area (Å²) in [5.74, 6) is 1.22. The lowest BCUT2D eigenvalue weighted by atomic mass is 9.72. The van der Waals surface area contributed by atoms with Crippen LogP contribution in [-0.2, 0) is 4.79 Å². The van der Waals surface area contributed by atoms with Crippen LogP contribution in [0.3, 0.4) is 0 Å². The largest absolute Gasteiger partial charge is 0.360 e. The Balaban J connectivity index is 1.69. The van der Waals surface area contributed by atoms with Gasteiger partial charge in [0.15, 0.2) is 0 Å². The van der Waals surface area contributed by atoms with Crippen molar-refractivity contribution in [3.05, 3.63) is 41.7 Å². The summed E-state index contributed by atoms with van der Waals surface area (Å²) in [6.45, 7) is 8.30. The third-order valence-corrected chi connectivity index (χ3v) is 6.59. The van der Waals surface area contributed by atoms with Crippen LogP contribution in [0.2, 0.25) is 0 Å². The molecule has 1 aromatic carbocycles. The standard InChI is InChI=1S/C25H33N3O3/c1-16-21(22(27-31-16)17-10-6-5-7-11-17)24(30)28-15-19-13-9-8-12-18(19)14-20(28)23(29)26-25(2,3)4/h5-7,10-11,18-20H,8-9,12-15H2,1-4H3,(H,26,29)/t18-,19+,20+/m0/s1. The number of carbonyl (C=O) groups excluding carboxylic acids is 2. The van der Waals surface area contributed by atoms with Gasteiger partial charge in [0.05, 0.1) is 0 Å². The Morgan fingerprint density at radius 1 is 1.10 bits per heavy atom. The second-order valence-electron chi connectivity index (χ2n) is 10.1. The first-order valence-electron chi connectivity index (χ1n) is 11.4. The molecule has 4 rings (SSSR count). The van der Waals surface area contributed by atoms with E-state index in [0.29, 0.717) is 35.4 Å². The number of likely N-dealkylation sites (tertiary alicyclic amines) is 1. The van der Waals surface area contributed by atoms with Crippen molar-refractivity contribution >= 4 is 11.8 Å². The highest BCUT2D eigenvalue weighted by Crippen LogP contribution is 2.40. The summed E-state index contributed by atoms with van der Waals surface area (Å²) in [4.78, 5) is 28.9. The molecule has 166 valence electrons. The summed E-state index contributed by atoms with van der Waals surface area (Å²) in [7, 11) is 0. The summed E-state index contributed by atoms with van der Waals surface area (Å²) >= 11 is 0. The molecule has 1 aromatic heterocycles. The quantitative estimate of drug-likeness (QED) is 0.784. The molecule has 3 atom stereocenters. The Morgan fingerprint density at radius 2 is 1.77 bits per heavy atom. The molecule has 1 N–H and O–H groups in total. The van der Waals surface area contributed by atoms with E-state index in [2.05, 4.69) is 10.5 Å². The molecule has 1 aliphatic heterocycles. The second kappa shape index (κ2) is 8.48. The van der Waals surface area contributed by atoms with Crippen molar-refractivity contribution in [3.8, 4) is 11.3 Å². The lowest BCUT2D eigenvalue weighted by molar-refractivity contribution is -0.130. The van der Waals surface area contributed by atoms with Crippen LogP contribution < -0.4 is 5.32 Å². The number of hydrogen-bond acceptors (Lipinski definition) is 4.